The van der Waals surface area contributed by atoms with Crippen LogP contribution in [0.1, 0.15) is 30.1 Å². The third-order valence-corrected chi connectivity index (χ3v) is 6.05. The standard InChI is InChI=1S/C19H23ClN4O3S/c1-5-23(6-2)9-10-24(18(25)15-11-12(3)22-27-15)19-21-16-14(26-4)8-7-13(20)17(16)28-19/h7-8,11H,5-6,9-10H2,1-4H3. The number of amides is 1. The van der Waals surface area contributed by atoms with Gasteiger partial charge in [0.05, 0.1) is 22.5 Å². The Morgan fingerprint density at radius 1 is 1.29 bits per heavy atom. The fourth-order valence-electron chi connectivity index (χ4n) is 2.88. The normalized spacial score (nSPS) is 11.4. The van der Waals surface area contributed by atoms with Crippen LogP contribution in [0.4, 0.5) is 5.13 Å². The summed E-state index contributed by atoms with van der Waals surface area (Å²) >= 11 is 7.71. The molecule has 0 aliphatic heterocycles. The van der Waals surface area contributed by atoms with Gasteiger partial charge in [-0.15, -0.1) is 0 Å². The lowest BCUT2D eigenvalue weighted by atomic mass is 10.3. The van der Waals surface area contributed by atoms with E-state index in [4.69, 9.17) is 20.9 Å². The Kier molecular flexibility index (Phi) is 6.53. The molecule has 0 saturated carbocycles. The van der Waals surface area contributed by atoms with Crippen LogP contribution < -0.4 is 9.64 Å². The van der Waals surface area contributed by atoms with Gasteiger partial charge in [-0.3, -0.25) is 9.69 Å². The second-order valence-electron chi connectivity index (χ2n) is 6.24. The fourth-order valence-corrected chi connectivity index (χ4v) is 4.16. The number of thiazole rings is 1. The summed E-state index contributed by atoms with van der Waals surface area (Å²) < 4.78 is 11.4. The highest BCUT2D eigenvalue weighted by atomic mass is 35.5. The molecule has 1 aromatic carbocycles. The number of fused-ring (bicyclic) bond motifs is 1. The minimum absolute atomic E-state index is 0.189. The van der Waals surface area contributed by atoms with Crippen molar-refractivity contribution in [3.8, 4) is 5.75 Å². The van der Waals surface area contributed by atoms with Gasteiger partial charge in [0.2, 0.25) is 5.76 Å². The number of likely N-dealkylation sites (N-methyl/N-ethyl adjacent to an activating group) is 1. The predicted molar refractivity (Wildman–Crippen MR) is 112 cm³/mol. The number of carbonyl (C=O) groups is 1. The molecule has 28 heavy (non-hydrogen) atoms. The van der Waals surface area contributed by atoms with E-state index < -0.39 is 0 Å². The third kappa shape index (κ3) is 4.14. The number of ether oxygens (including phenoxy) is 1. The Hall–Kier alpha value is -2.16. The molecule has 7 nitrogen and oxygen atoms in total. The van der Waals surface area contributed by atoms with Crippen molar-refractivity contribution in [2.24, 2.45) is 0 Å². The molecule has 1 amide bonds. The molecule has 3 rings (SSSR count). The molecule has 3 aromatic rings. The molecule has 0 unspecified atom stereocenters. The second-order valence-corrected chi connectivity index (χ2v) is 7.62. The Labute approximate surface area is 172 Å². The van der Waals surface area contributed by atoms with Crippen LogP contribution in [-0.2, 0) is 0 Å². The zero-order valence-corrected chi connectivity index (χ0v) is 17.9. The summed E-state index contributed by atoms with van der Waals surface area (Å²) in [7, 11) is 1.59. The lowest BCUT2D eigenvalue weighted by Gasteiger charge is -2.23. The highest BCUT2D eigenvalue weighted by Crippen LogP contribution is 2.39. The largest absolute Gasteiger partial charge is 0.494 e. The Morgan fingerprint density at radius 3 is 2.64 bits per heavy atom. The van der Waals surface area contributed by atoms with Crippen molar-refractivity contribution in [3.05, 3.63) is 34.7 Å². The van der Waals surface area contributed by atoms with Gasteiger partial charge in [-0.05, 0) is 32.1 Å². The first-order valence-electron chi connectivity index (χ1n) is 9.09. The second kappa shape index (κ2) is 8.89. The summed E-state index contributed by atoms with van der Waals surface area (Å²) in [6, 6.07) is 5.18. The van der Waals surface area contributed by atoms with E-state index in [2.05, 4.69) is 28.9 Å². The lowest BCUT2D eigenvalue weighted by molar-refractivity contribution is 0.0948. The maximum Gasteiger partial charge on any atom is 0.298 e. The average molecular weight is 423 g/mol. The Morgan fingerprint density at radius 2 is 2.04 bits per heavy atom. The number of methoxy groups -OCH3 is 1. The van der Waals surface area contributed by atoms with E-state index in [0.717, 1.165) is 17.8 Å². The summed E-state index contributed by atoms with van der Waals surface area (Å²) in [5, 5.41) is 4.96. The molecule has 2 heterocycles. The number of hydrogen-bond acceptors (Lipinski definition) is 7. The molecule has 9 heteroatoms. The van der Waals surface area contributed by atoms with E-state index >= 15 is 0 Å². The van der Waals surface area contributed by atoms with Crippen LogP contribution in [0, 0.1) is 6.92 Å². The van der Waals surface area contributed by atoms with Crippen LogP contribution in [-0.4, -0.2) is 54.2 Å². The highest BCUT2D eigenvalue weighted by Gasteiger charge is 2.26. The molecule has 0 radical (unpaired) electrons. The van der Waals surface area contributed by atoms with Crippen LogP contribution >= 0.6 is 22.9 Å². The van der Waals surface area contributed by atoms with E-state index in [0.29, 0.717) is 40.2 Å². The number of nitrogens with zero attached hydrogens (tertiary/aromatic N) is 4. The molecule has 0 saturated heterocycles. The van der Waals surface area contributed by atoms with Crippen molar-refractivity contribution in [1.29, 1.82) is 0 Å². The quantitative estimate of drug-likeness (QED) is 0.540. The maximum absolute atomic E-state index is 13.1. The van der Waals surface area contributed by atoms with Crippen LogP contribution in [0.2, 0.25) is 5.02 Å². The number of anilines is 1. The molecule has 0 atom stereocenters. The summed E-state index contributed by atoms with van der Waals surface area (Å²) in [5.41, 5.74) is 1.30. The topological polar surface area (TPSA) is 71.7 Å². The number of carbonyl (C=O) groups excluding carboxylic acids is 1. The molecule has 0 N–H and O–H groups in total. The van der Waals surface area contributed by atoms with Gasteiger partial charge in [0.15, 0.2) is 5.13 Å². The molecular formula is C19H23ClN4O3S. The number of aryl methyl sites for hydroxylation is 1. The van der Waals surface area contributed by atoms with E-state index in [9.17, 15) is 4.79 Å². The number of rotatable bonds is 8. The first-order chi connectivity index (χ1) is 13.5. The summed E-state index contributed by atoms with van der Waals surface area (Å²) in [5.74, 6) is 0.532. The molecule has 0 aliphatic carbocycles. The van der Waals surface area contributed by atoms with Gasteiger partial charge in [-0.25, -0.2) is 4.98 Å². The van der Waals surface area contributed by atoms with Gasteiger partial charge in [0.1, 0.15) is 11.3 Å². The van der Waals surface area contributed by atoms with Gasteiger partial charge in [0, 0.05) is 19.2 Å². The van der Waals surface area contributed by atoms with Crippen molar-refractivity contribution >= 4 is 44.2 Å². The SMILES string of the molecule is CCN(CC)CCN(C(=O)c1cc(C)no1)c1nc2c(OC)ccc(Cl)c2s1. The zero-order chi connectivity index (χ0) is 20.3. The first-order valence-corrected chi connectivity index (χ1v) is 10.3. The molecule has 0 aliphatic rings. The van der Waals surface area contributed by atoms with Crippen LogP contribution in [0.5, 0.6) is 5.75 Å². The van der Waals surface area contributed by atoms with Crippen LogP contribution in [0.25, 0.3) is 10.2 Å². The average Bonchev–Trinajstić information content (AvgIpc) is 3.32. The molecule has 0 bridgehead atoms. The highest BCUT2D eigenvalue weighted by molar-refractivity contribution is 7.23. The van der Waals surface area contributed by atoms with Gasteiger partial charge in [-0.2, -0.15) is 0 Å². The van der Waals surface area contributed by atoms with Crippen molar-refractivity contribution in [1.82, 2.24) is 15.0 Å². The Bertz CT molecular complexity index is 967. The predicted octanol–water partition coefficient (Wildman–Crippen LogP) is 4.24. The monoisotopic (exact) mass is 422 g/mol. The number of benzene rings is 1. The van der Waals surface area contributed by atoms with Crippen molar-refractivity contribution < 1.29 is 14.1 Å². The van der Waals surface area contributed by atoms with Gasteiger partial charge < -0.3 is 14.2 Å². The van der Waals surface area contributed by atoms with Gasteiger partial charge in [-0.1, -0.05) is 41.9 Å². The third-order valence-electron chi connectivity index (χ3n) is 4.52. The van der Waals surface area contributed by atoms with E-state index in [1.807, 2.05) is 0 Å². The van der Waals surface area contributed by atoms with Crippen molar-refractivity contribution in [3.63, 3.8) is 0 Å². The molecular weight excluding hydrogens is 400 g/mol. The van der Waals surface area contributed by atoms with Gasteiger partial charge in [0.25, 0.3) is 5.91 Å². The smallest absolute Gasteiger partial charge is 0.298 e. The summed E-state index contributed by atoms with van der Waals surface area (Å²) in [6.45, 7) is 8.96. The van der Waals surface area contributed by atoms with E-state index in [1.165, 1.54) is 11.3 Å². The number of halogens is 1. The summed E-state index contributed by atoms with van der Waals surface area (Å²) in [4.78, 5) is 21.7. The molecule has 0 fully saturated rings. The van der Waals surface area contributed by atoms with Crippen LogP contribution in [0.3, 0.4) is 0 Å². The maximum atomic E-state index is 13.1. The zero-order valence-electron chi connectivity index (χ0n) is 16.4. The summed E-state index contributed by atoms with van der Waals surface area (Å²) in [6.07, 6.45) is 0. The first kappa shape index (κ1) is 20.6. The fraction of sp³-hybridized carbons (Fsp3) is 0.421. The lowest BCUT2D eigenvalue weighted by Crippen LogP contribution is -2.38. The molecule has 0 spiro atoms. The van der Waals surface area contributed by atoms with Crippen molar-refractivity contribution in [2.45, 2.75) is 20.8 Å². The van der Waals surface area contributed by atoms with Crippen molar-refractivity contribution in [2.75, 3.05) is 38.2 Å². The minimum atomic E-state index is -0.276. The van der Waals surface area contributed by atoms with E-state index in [-0.39, 0.29) is 11.7 Å². The molecule has 150 valence electrons. The van der Waals surface area contributed by atoms with E-state index in [1.54, 1.807) is 37.1 Å². The van der Waals surface area contributed by atoms with Crippen LogP contribution in [0.15, 0.2) is 22.7 Å². The number of aromatic nitrogens is 2. The molecule has 2 aromatic heterocycles. The number of hydrogen-bond donors (Lipinski definition) is 0. The Balaban J connectivity index is 2.01. The minimum Gasteiger partial charge on any atom is -0.494 e. The van der Waals surface area contributed by atoms with Gasteiger partial charge >= 0.3 is 0 Å².